The first-order valence-electron chi connectivity index (χ1n) is 8.17. The Labute approximate surface area is 120 Å². The fourth-order valence-electron chi connectivity index (χ4n) is 5.83. The molecule has 20 heavy (non-hydrogen) atoms. The normalized spacial score (nSPS) is 38.8. The van der Waals surface area contributed by atoms with E-state index in [1.165, 1.54) is 55.4 Å². The van der Waals surface area contributed by atoms with Gasteiger partial charge >= 0.3 is 0 Å². The fourth-order valence-corrected chi connectivity index (χ4v) is 5.83. The first-order chi connectivity index (χ1) is 9.72. The minimum Gasteiger partial charge on any atom is -0.307 e. The second-order valence-electron chi connectivity index (χ2n) is 7.75. The van der Waals surface area contributed by atoms with E-state index in [0.717, 1.165) is 17.8 Å². The van der Waals surface area contributed by atoms with Crippen molar-refractivity contribution in [2.24, 2.45) is 17.8 Å². The van der Waals surface area contributed by atoms with Crippen molar-refractivity contribution >= 4 is 5.65 Å². The summed E-state index contributed by atoms with van der Waals surface area (Å²) in [5, 5.41) is 0. The van der Waals surface area contributed by atoms with Crippen LogP contribution in [0.15, 0.2) is 24.5 Å². The van der Waals surface area contributed by atoms with Crippen molar-refractivity contribution in [3.05, 3.63) is 35.8 Å². The highest BCUT2D eigenvalue weighted by atomic mass is 15.0. The molecule has 4 aliphatic rings. The molecule has 0 atom stereocenters. The Kier molecular flexibility index (Phi) is 2.08. The molecule has 4 saturated carbocycles. The first kappa shape index (κ1) is 11.4. The molecule has 0 amide bonds. The molecule has 4 bridgehead atoms. The van der Waals surface area contributed by atoms with E-state index in [9.17, 15) is 0 Å². The molecule has 4 fully saturated rings. The van der Waals surface area contributed by atoms with E-state index >= 15 is 0 Å². The van der Waals surface area contributed by atoms with Crippen LogP contribution in [0.1, 0.15) is 49.8 Å². The van der Waals surface area contributed by atoms with Crippen LogP contribution < -0.4 is 0 Å². The second-order valence-corrected chi connectivity index (χ2v) is 7.75. The van der Waals surface area contributed by atoms with Gasteiger partial charge in [-0.25, -0.2) is 4.98 Å². The molecule has 0 unspecified atom stereocenters. The molecule has 2 heteroatoms. The third-order valence-corrected chi connectivity index (χ3v) is 6.26. The van der Waals surface area contributed by atoms with Gasteiger partial charge in [0.15, 0.2) is 0 Å². The molecule has 0 N–H and O–H groups in total. The largest absolute Gasteiger partial charge is 0.307 e. The number of rotatable bonds is 1. The van der Waals surface area contributed by atoms with Crippen molar-refractivity contribution in [1.29, 1.82) is 0 Å². The minimum absolute atomic E-state index is 0.424. The van der Waals surface area contributed by atoms with E-state index in [0.29, 0.717) is 5.41 Å². The standard InChI is InChI=1S/C18H22N2/c1-12-3-2-4-20-11-16(19-17(12)20)18-8-13-5-14(9-18)7-15(6-13)10-18/h2-4,11,13-15H,5-10H2,1H3. The Balaban J connectivity index is 1.65. The van der Waals surface area contributed by atoms with Crippen molar-refractivity contribution in [1.82, 2.24) is 9.38 Å². The predicted octanol–water partition coefficient (Wildman–Crippen LogP) is 4.11. The minimum atomic E-state index is 0.424. The Morgan fingerprint density at radius 2 is 1.75 bits per heavy atom. The quantitative estimate of drug-likeness (QED) is 0.759. The maximum absolute atomic E-state index is 5.07. The highest BCUT2D eigenvalue weighted by Gasteiger charge is 2.52. The topological polar surface area (TPSA) is 17.3 Å². The van der Waals surface area contributed by atoms with E-state index in [1.54, 1.807) is 0 Å². The number of aromatic nitrogens is 2. The highest BCUT2D eigenvalue weighted by molar-refractivity contribution is 5.49. The molecule has 2 aromatic rings. The van der Waals surface area contributed by atoms with E-state index in [2.05, 4.69) is 35.9 Å². The maximum Gasteiger partial charge on any atom is 0.139 e. The lowest BCUT2D eigenvalue weighted by Crippen LogP contribution is -2.48. The number of fused-ring (bicyclic) bond motifs is 1. The third kappa shape index (κ3) is 1.43. The summed E-state index contributed by atoms with van der Waals surface area (Å²) in [5.74, 6) is 2.98. The van der Waals surface area contributed by atoms with Crippen LogP contribution in [0, 0.1) is 24.7 Å². The summed E-state index contributed by atoms with van der Waals surface area (Å²) in [6, 6.07) is 4.30. The highest BCUT2D eigenvalue weighted by Crippen LogP contribution is 2.60. The van der Waals surface area contributed by atoms with Crippen LogP contribution in [0.3, 0.4) is 0 Å². The van der Waals surface area contributed by atoms with Crippen molar-refractivity contribution < 1.29 is 0 Å². The zero-order chi connectivity index (χ0) is 13.3. The van der Waals surface area contributed by atoms with Gasteiger partial charge in [-0.05, 0) is 74.8 Å². The van der Waals surface area contributed by atoms with Gasteiger partial charge < -0.3 is 4.40 Å². The van der Waals surface area contributed by atoms with Crippen molar-refractivity contribution in [2.75, 3.05) is 0 Å². The van der Waals surface area contributed by atoms with Crippen LogP contribution in [0.2, 0.25) is 0 Å². The van der Waals surface area contributed by atoms with Gasteiger partial charge in [-0.2, -0.15) is 0 Å². The van der Waals surface area contributed by atoms with Crippen LogP contribution in [-0.4, -0.2) is 9.38 Å². The van der Waals surface area contributed by atoms with Crippen LogP contribution in [0.4, 0.5) is 0 Å². The van der Waals surface area contributed by atoms with Crippen molar-refractivity contribution in [3.8, 4) is 0 Å². The molecule has 2 nitrogen and oxygen atoms in total. The van der Waals surface area contributed by atoms with Gasteiger partial charge in [0.25, 0.3) is 0 Å². The van der Waals surface area contributed by atoms with Crippen LogP contribution in [0.5, 0.6) is 0 Å². The van der Waals surface area contributed by atoms with Gasteiger partial charge in [0, 0.05) is 17.8 Å². The van der Waals surface area contributed by atoms with Crippen LogP contribution in [-0.2, 0) is 5.41 Å². The fraction of sp³-hybridized carbons (Fsp3) is 0.611. The molecular weight excluding hydrogens is 244 g/mol. The molecule has 0 saturated heterocycles. The number of hydrogen-bond donors (Lipinski definition) is 0. The summed E-state index contributed by atoms with van der Waals surface area (Å²) in [4.78, 5) is 5.07. The van der Waals surface area contributed by atoms with Gasteiger partial charge in [0.05, 0.1) is 5.69 Å². The van der Waals surface area contributed by atoms with Crippen molar-refractivity contribution in [2.45, 2.75) is 50.9 Å². The number of aryl methyl sites for hydroxylation is 1. The molecule has 0 aromatic carbocycles. The van der Waals surface area contributed by atoms with Crippen LogP contribution >= 0.6 is 0 Å². The van der Waals surface area contributed by atoms with E-state index < -0.39 is 0 Å². The molecule has 0 aliphatic heterocycles. The average molecular weight is 266 g/mol. The van der Waals surface area contributed by atoms with E-state index in [-0.39, 0.29) is 0 Å². The lowest BCUT2D eigenvalue weighted by molar-refractivity contribution is -0.00697. The molecular formula is C18H22N2. The Morgan fingerprint density at radius 3 is 2.35 bits per heavy atom. The molecule has 0 spiro atoms. The first-order valence-corrected chi connectivity index (χ1v) is 8.17. The van der Waals surface area contributed by atoms with Gasteiger partial charge in [0.2, 0.25) is 0 Å². The Morgan fingerprint density at radius 1 is 1.10 bits per heavy atom. The van der Waals surface area contributed by atoms with E-state index in [4.69, 9.17) is 4.98 Å². The van der Waals surface area contributed by atoms with Crippen molar-refractivity contribution in [3.63, 3.8) is 0 Å². The van der Waals surface area contributed by atoms with Gasteiger partial charge in [-0.1, -0.05) is 6.07 Å². The second kappa shape index (κ2) is 3.66. The molecule has 6 rings (SSSR count). The molecule has 4 aliphatic carbocycles. The maximum atomic E-state index is 5.07. The number of imidazole rings is 1. The number of nitrogens with zero attached hydrogens (tertiary/aromatic N) is 2. The SMILES string of the molecule is Cc1cccn2cc(C34CC5CC(CC(C5)C3)C4)nc12. The molecule has 2 heterocycles. The van der Waals surface area contributed by atoms with Gasteiger partial charge in [-0.3, -0.25) is 0 Å². The Bertz CT molecular complexity index is 646. The number of pyridine rings is 1. The summed E-state index contributed by atoms with van der Waals surface area (Å²) in [7, 11) is 0. The Hall–Kier alpha value is -1.31. The monoisotopic (exact) mass is 266 g/mol. The summed E-state index contributed by atoms with van der Waals surface area (Å²) >= 11 is 0. The summed E-state index contributed by atoms with van der Waals surface area (Å²) in [6.07, 6.45) is 13.2. The summed E-state index contributed by atoms with van der Waals surface area (Å²) in [5.41, 5.74) is 4.28. The zero-order valence-corrected chi connectivity index (χ0v) is 12.2. The smallest absolute Gasteiger partial charge is 0.139 e. The van der Waals surface area contributed by atoms with Gasteiger partial charge in [0.1, 0.15) is 5.65 Å². The van der Waals surface area contributed by atoms with Gasteiger partial charge in [-0.15, -0.1) is 0 Å². The lowest BCUT2D eigenvalue weighted by atomic mass is 9.49. The summed E-state index contributed by atoms with van der Waals surface area (Å²) in [6.45, 7) is 2.17. The molecule has 0 radical (unpaired) electrons. The molecule has 104 valence electrons. The average Bonchev–Trinajstić information content (AvgIpc) is 2.83. The third-order valence-electron chi connectivity index (χ3n) is 6.26. The zero-order valence-electron chi connectivity index (χ0n) is 12.2. The number of hydrogen-bond acceptors (Lipinski definition) is 1. The van der Waals surface area contributed by atoms with Crippen LogP contribution in [0.25, 0.3) is 5.65 Å². The van der Waals surface area contributed by atoms with E-state index in [1.807, 2.05) is 0 Å². The lowest BCUT2D eigenvalue weighted by Gasteiger charge is -2.56. The molecule has 2 aromatic heterocycles. The summed E-state index contributed by atoms with van der Waals surface area (Å²) < 4.78 is 2.24. The predicted molar refractivity (Wildman–Crippen MR) is 79.8 cm³/mol.